The molecule has 0 spiro atoms. The van der Waals surface area contributed by atoms with Gasteiger partial charge in [-0.25, -0.2) is 4.79 Å². The first-order chi connectivity index (χ1) is 9.52. The quantitative estimate of drug-likeness (QED) is 0.742. The van der Waals surface area contributed by atoms with Gasteiger partial charge in [0.2, 0.25) is 0 Å². The second kappa shape index (κ2) is 6.33. The third-order valence-electron chi connectivity index (χ3n) is 3.69. The molecule has 1 saturated heterocycles. The number of nitrogens with two attached hydrogens (primary N) is 1. The number of hydrogen-bond donors (Lipinski definition) is 3. The van der Waals surface area contributed by atoms with Crippen LogP contribution < -0.4 is 10.6 Å². The summed E-state index contributed by atoms with van der Waals surface area (Å²) in [4.78, 5) is 13.4. The summed E-state index contributed by atoms with van der Waals surface area (Å²) in [5.74, 6) is -0.664. The van der Waals surface area contributed by atoms with Crippen LogP contribution in [0.4, 0.5) is 11.4 Å². The van der Waals surface area contributed by atoms with E-state index < -0.39 is 5.97 Å². The van der Waals surface area contributed by atoms with Gasteiger partial charge < -0.3 is 20.8 Å². The van der Waals surface area contributed by atoms with E-state index in [4.69, 9.17) is 22.4 Å². The third-order valence-corrected chi connectivity index (χ3v) is 3.98. The van der Waals surface area contributed by atoms with Crippen LogP contribution in [0.15, 0.2) is 12.1 Å². The summed E-state index contributed by atoms with van der Waals surface area (Å²) in [5.41, 5.74) is 6.70. The zero-order chi connectivity index (χ0) is 14.7. The Morgan fingerprint density at radius 3 is 2.90 bits per heavy atom. The van der Waals surface area contributed by atoms with Crippen molar-refractivity contribution in [1.82, 2.24) is 0 Å². The topological polar surface area (TPSA) is 86.8 Å². The maximum absolute atomic E-state index is 11.4. The fraction of sp³-hybridized carbons (Fsp3) is 0.500. The molecule has 1 aromatic rings. The number of aliphatic hydroxyl groups is 1. The highest BCUT2D eigenvalue weighted by atomic mass is 35.5. The predicted molar refractivity (Wildman–Crippen MR) is 79.5 cm³/mol. The molecule has 0 radical (unpaired) electrons. The van der Waals surface area contributed by atoms with E-state index >= 15 is 0 Å². The van der Waals surface area contributed by atoms with E-state index in [1.54, 1.807) is 6.07 Å². The molecule has 4 N–H and O–H groups in total. The van der Waals surface area contributed by atoms with Crippen molar-refractivity contribution in [2.45, 2.75) is 19.3 Å². The second-order valence-corrected chi connectivity index (χ2v) is 5.58. The lowest BCUT2D eigenvalue weighted by Gasteiger charge is -2.35. The van der Waals surface area contributed by atoms with Crippen molar-refractivity contribution in [3.63, 3.8) is 0 Å². The Kier molecular flexibility index (Phi) is 4.73. The second-order valence-electron chi connectivity index (χ2n) is 5.17. The highest BCUT2D eigenvalue weighted by molar-refractivity contribution is 6.34. The Hall–Kier alpha value is -1.46. The van der Waals surface area contributed by atoms with Crippen molar-refractivity contribution >= 4 is 28.9 Å². The van der Waals surface area contributed by atoms with Gasteiger partial charge in [0, 0.05) is 25.4 Å². The third kappa shape index (κ3) is 3.16. The Balaban J connectivity index is 2.33. The van der Waals surface area contributed by atoms with Gasteiger partial charge in [0.25, 0.3) is 0 Å². The average Bonchev–Trinajstić information content (AvgIpc) is 2.38. The number of rotatable bonds is 4. The summed E-state index contributed by atoms with van der Waals surface area (Å²) in [6.45, 7) is 1.64. The van der Waals surface area contributed by atoms with Crippen molar-refractivity contribution in [3.05, 3.63) is 22.7 Å². The minimum Gasteiger partial charge on any atom is -0.478 e. The molecule has 6 heteroatoms. The lowest BCUT2D eigenvalue weighted by atomic mass is 9.94. The highest BCUT2D eigenvalue weighted by Crippen LogP contribution is 2.35. The number of carboxylic acids is 1. The highest BCUT2D eigenvalue weighted by Gasteiger charge is 2.25. The van der Waals surface area contributed by atoms with E-state index in [0.717, 1.165) is 25.8 Å². The lowest BCUT2D eigenvalue weighted by Crippen LogP contribution is -2.37. The fourth-order valence-corrected chi connectivity index (χ4v) is 3.14. The van der Waals surface area contributed by atoms with Gasteiger partial charge >= 0.3 is 5.97 Å². The largest absolute Gasteiger partial charge is 0.478 e. The van der Waals surface area contributed by atoms with Crippen molar-refractivity contribution in [2.24, 2.45) is 5.92 Å². The van der Waals surface area contributed by atoms with E-state index in [9.17, 15) is 9.90 Å². The van der Waals surface area contributed by atoms with Gasteiger partial charge in [-0.3, -0.25) is 0 Å². The molecular formula is C14H19ClN2O3. The number of carboxylic acid groups (broad SMARTS) is 1. The first-order valence-corrected chi connectivity index (χ1v) is 7.09. The summed E-state index contributed by atoms with van der Waals surface area (Å²) < 4.78 is 0. The Bertz CT molecular complexity index is 505. The number of piperidine rings is 1. The zero-order valence-corrected chi connectivity index (χ0v) is 11.9. The molecular weight excluding hydrogens is 280 g/mol. The SMILES string of the molecule is Nc1cc(Cl)c(N2CCCC(CCO)C2)c(C(=O)O)c1. The van der Waals surface area contributed by atoms with Gasteiger partial charge in [-0.1, -0.05) is 11.6 Å². The molecule has 1 unspecified atom stereocenters. The first-order valence-electron chi connectivity index (χ1n) is 6.71. The molecule has 0 saturated carbocycles. The van der Waals surface area contributed by atoms with E-state index in [1.165, 1.54) is 6.07 Å². The van der Waals surface area contributed by atoms with Crippen molar-refractivity contribution < 1.29 is 15.0 Å². The summed E-state index contributed by atoms with van der Waals surface area (Å²) in [7, 11) is 0. The maximum Gasteiger partial charge on any atom is 0.337 e. The number of halogens is 1. The van der Waals surface area contributed by atoms with Crippen molar-refractivity contribution in [3.8, 4) is 0 Å². The number of aromatic carboxylic acids is 1. The van der Waals surface area contributed by atoms with E-state index in [-0.39, 0.29) is 12.2 Å². The maximum atomic E-state index is 11.4. The van der Waals surface area contributed by atoms with Crippen LogP contribution in [-0.2, 0) is 0 Å². The number of aliphatic hydroxyl groups excluding tert-OH is 1. The molecule has 20 heavy (non-hydrogen) atoms. The number of nitrogen functional groups attached to an aromatic ring is 1. The van der Waals surface area contributed by atoms with E-state index in [1.807, 2.05) is 4.90 Å². The molecule has 0 bridgehead atoms. The molecule has 110 valence electrons. The molecule has 1 aromatic carbocycles. The van der Waals surface area contributed by atoms with Crippen LogP contribution >= 0.6 is 11.6 Å². The minimum atomic E-state index is -1.03. The standard InChI is InChI=1S/C14H19ClN2O3/c15-12-7-10(16)6-11(14(19)20)13(12)17-4-1-2-9(8-17)3-5-18/h6-7,9,18H,1-5,8,16H2,(H,19,20). The summed E-state index contributed by atoms with van der Waals surface area (Å²) >= 11 is 6.20. The Labute approximate surface area is 122 Å². The normalized spacial score (nSPS) is 19.1. The smallest absolute Gasteiger partial charge is 0.337 e. The van der Waals surface area contributed by atoms with Gasteiger partial charge in [-0.15, -0.1) is 0 Å². The molecule has 0 aromatic heterocycles. The van der Waals surface area contributed by atoms with Gasteiger partial charge in [-0.05, 0) is 37.3 Å². The number of hydrogen-bond acceptors (Lipinski definition) is 4. The number of carbonyl (C=O) groups is 1. The van der Waals surface area contributed by atoms with E-state index in [0.29, 0.717) is 28.9 Å². The van der Waals surface area contributed by atoms with Gasteiger partial charge in [0.15, 0.2) is 0 Å². The number of anilines is 2. The average molecular weight is 299 g/mol. The molecule has 1 aliphatic rings. The van der Waals surface area contributed by atoms with Crippen LogP contribution in [0, 0.1) is 5.92 Å². The van der Waals surface area contributed by atoms with Crippen LogP contribution in [0.25, 0.3) is 0 Å². The molecule has 5 nitrogen and oxygen atoms in total. The van der Waals surface area contributed by atoms with Gasteiger partial charge in [-0.2, -0.15) is 0 Å². The predicted octanol–water partition coefficient (Wildman–Crippen LogP) is 2.22. The van der Waals surface area contributed by atoms with Crippen LogP contribution in [-0.4, -0.2) is 35.9 Å². The van der Waals surface area contributed by atoms with Crippen LogP contribution in [0.2, 0.25) is 5.02 Å². The Morgan fingerprint density at radius 1 is 1.50 bits per heavy atom. The summed E-state index contributed by atoms with van der Waals surface area (Å²) in [6, 6.07) is 3.03. The molecule has 2 rings (SSSR count). The van der Waals surface area contributed by atoms with Crippen LogP contribution in [0.3, 0.4) is 0 Å². The summed E-state index contributed by atoms with van der Waals surface area (Å²) in [6.07, 6.45) is 2.74. The lowest BCUT2D eigenvalue weighted by molar-refractivity contribution is 0.0697. The van der Waals surface area contributed by atoms with Gasteiger partial charge in [0.05, 0.1) is 16.3 Å². The number of nitrogens with zero attached hydrogens (tertiary/aromatic N) is 1. The van der Waals surface area contributed by atoms with Crippen LogP contribution in [0.5, 0.6) is 0 Å². The zero-order valence-electron chi connectivity index (χ0n) is 11.2. The van der Waals surface area contributed by atoms with E-state index in [2.05, 4.69) is 0 Å². The van der Waals surface area contributed by atoms with Crippen LogP contribution in [0.1, 0.15) is 29.6 Å². The van der Waals surface area contributed by atoms with Crippen molar-refractivity contribution in [2.75, 3.05) is 30.3 Å². The molecule has 0 aliphatic carbocycles. The molecule has 1 heterocycles. The monoisotopic (exact) mass is 298 g/mol. The fourth-order valence-electron chi connectivity index (χ4n) is 2.79. The molecule has 0 amide bonds. The molecule has 1 fully saturated rings. The Morgan fingerprint density at radius 2 is 2.25 bits per heavy atom. The molecule has 1 aliphatic heterocycles. The minimum absolute atomic E-state index is 0.139. The first kappa shape index (κ1) is 14.9. The molecule has 1 atom stereocenters. The summed E-state index contributed by atoms with van der Waals surface area (Å²) in [5, 5.41) is 18.8. The van der Waals surface area contributed by atoms with Gasteiger partial charge in [0.1, 0.15) is 0 Å². The number of benzene rings is 1. The van der Waals surface area contributed by atoms with Crippen molar-refractivity contribution in [1.29, 1.82) is 0 Å².